The number of hydrogen-bond acceptors (Lipinski definition) is 4. The molecule has 0 aliphatic rings. The summed E-state index contributed by atoms with van der Waals surface area (Å²) in [6, 6.07) is 10.3. The number of ether oxygens (including phenoxy) is 2. The molecule has 0 bridgehead atoms. The van der Waals surface area contributed by atoms with Gasteiger partial charge in [-0.05, 0) is 43.3 Å². The average molecular weight is 281 g/mol. The predicted octanol–water partition coefficient (Wildman–Crippen LogP) is 3.86. The zero-order valence-corrected chi connectivity index (χ0v) is 11.3. The summed E-state index contributed by atoms with van der Waals surface area (Å²) in [5.74, 6) is 0.872. The van der Waals surface area contributed by atoms with E-state index in [0.717, 1.165) is 0 Å². The first kappa shape index (κ1) is 13.5. The summed E-state index contributed by atoms with van der Waals surface area (Å²) >= 11 is 5.79. The van der Waals surface area contributed by atoms with E-state index in [1.165, 1.54) is 7.11 Å². The molecule has 1 unspecified atom stereocenters. The van der Waals surface area contributed by atoms with Gasteiger partial charge in [-0.25, -0.2) is 4.79 Å². The Hall–Kier alpha value is -1.94. The van der Waals surface area contributed by atoms with Gasteiger partial charge in [-0.1, -0.05) is 11.6 Å². The second-order valence-corrected chi connectivity index (χ2v) is 4.34. The number of carbonyl (C=O) groups excluding carboxylic acids is 1. The number of benzene rings is 1. The maximum absolute atomic E-state index is 11.3. The van der Waals surface area contributed by atoms with Gasteiger partial charge >= 0.3 is 5.97 Å². The summed E-state index contributed by atoms with van der Waals surface area (Å²) in [6.45, 7) is 1.83. The monoisotopic (exact) mass is 280 g/mol. The van der Waals surface area contributed by atoms with Crippen molar-refractivity contribution in [1.82, 2.24) is 0 Å². The Bertz CT molecular complexity index is 559. The fourth-order valence-electron chi connectivity index (χ4n) is 1.56. The van der Waals surface area contributed by atoms with E-state index in [-0.39, 0.29) is 11.9 Å². The van der Waals surface area contributed by atoms with Crippen molar-refractivity contribution in [2.24, 2.45) is 0 Å². The number of carbonyl (C=O) groups is 1. The molecule has 2 aromatic rings. The van der Waals surface area contributed by atoms with Gasteiger partial charge in [0.2, 0.25) is 5.76 Å². The fraction of sp³-hybridized carbons (Fsp3) is 0.214. The van der Waals surface area contributed by atoms with Crippen molar-refractivity contribution in [3.8, 4) is 5.75 Å². The van der Waals surface area contributed by atoms with Crippen LogP contribution in [-0.2, 0) is 4.74 Å². The van der Waals surface area contributed by atoms with Gasteiger partial charge in [0, 0.05) is 5.02 Å². The number of methoxy groups -OCH3 is 1. The summed E-state index contributed by atoms with van der Waals surface area (Å²) in [4.78, 5) is 11.3. The van der Waals surface area contributed by atoms with Crippen LogP contribution >= 0.6 is 11.6 Å². The first-order valence-corrected chi connectivity index (χ1v) is 6.08. The molecule has 0 fully saturated rings. The van der Waals surface area contributed by atoms with Crippen molar-refractivity contribution in [2.75, 3.05) is 7.11 Å². The minimum Gasteiger partial charge on any atom is -0.483 e. The zero-order chi connectivity index (χ0) is 13.8. The molecule has 0 amide bonds. The number of halogens is 1. The standard InChI is InChI=1S/C14H13ClO4/c1-9(18-11-5-3-10(15)4-6-11)12-7-8-13(19-12)14(16)17-2/h3-9H,1-2H3. The lowest BCUT2D eigenvalue weighted by molar-refractivity contribution is 0.0558. The maximum Gasteiger partial charge on any atom is 0.373 e. The number of hydrogen-bond donors (Lipinski definition) is 0. The van der Waals surface area contributed by atoms with Gasteiger partial charge < -0.3 is 13.9 Å². The van der Waals surface area contributed by atoms with Crippen LogP contribution in [0, 0.1) is 0 Å². The van der Waals surface area contributed by atoms with Crippen LogP contribution in [0.15, 0.2) is 40.8 Å². The van der Waals surface area contributed by atoms with E-state index in [1.807, 2.05) is 6.92 Å². The highest BCUT2D eigenvalue weighted by atomic mass is 35.5. The average Bonchev–Trinajstić information content (AvgIpc) is 2.90. The summed E-state index contributed by atoms with van der Waals surface area (Å²) in [7, 11) is 1.30. The van der Waals surface area contributed by atoms with E-state index in [4.69, 9.17) is 20.8 Å². The quantitative estimate of drug-likeness (QED) is 0.798. The second kappa shape index (κ2) is 5.80. The number of furan rings is 1. The van der Waals surface area contributed by atoms with Gasteiger partial charge in [0.25, 0.3) is 0 Å². The third kappa shape index (κ3) is 3.29. The van der Waals surface area contributed by atoms with Crippen LogP contribution in [0.2, 0.25) is 5.02 Å². The molecule has 0 N–H and O–H groups in total. The van der Waals surface area contributed by atoms with Crippen molar-refractivity contribution in [3.05, 3.63) is 52.9 Å². The minimum atomic E-state index is -0.509. The highest BCUT2D eigenvalue weighted by molar-refractivity contribution is 6.30. The van der Waals surface area contributed by atoms with Crippen LogP contribution in [-0.4, -0.2) is 13.1 Å². The van der Waals surface area contributed by atoms with Crippen LogP contribution in [0.3, 0.4) is 0 Å². The normalized spacial score (nSPS) is 11.9. The molecule has 0 radical (unpaired) electrons. The molecule has 0 aliphatic carbocycles. The van der Waals surface area contributed by atoms with Crippen LogP contribution in [0.25, 0.3) is 0 Å². The highest BCUT2D eigenvalue weighted by Gasteiger charge is 2.16. The lowest BCUT2D eigenvalue weighted by atomic mass is 10.3. The molecule has 1 heterocycles. The lowest BCUT2D eigenvalue weighted by Crippen LogP contribution is -2.02. The summed E-state index contributed by atoms with van der Waals surface area (Å²) < 4.78 is 15.6. The molecular weight excluding hydrogens is 268 g/mol. The summed E-state index contributed by atoms with van der Waals surface area (Å²) in [5, 5.41) is 0.644. The Morgan fingerprint density at radius 1 is 1.21 bits per heavy atom. The van der Waals surface area contributed by atoms with Crippen LogP contribution in [0.1, 0.15) is 29.3 Å². The summed E-state index contributed by atoms with van der Waals surface area (Å²) in [5.41, 5.74) is 0. The third-order valence-corrected chi connectivity index (χ3v) is 2.79. The Kier molecular flexibility index (Phi) is 4.12. The lowest BCUT2D eigenvalue weighted by Gasteiger charge is -2.12. The molecule has 0 aliphatic heterocycles. The van der Waals surface area contributed by atoms with Gasteiger partial charge in [0.05, 0.1) is 7.11 Å². The molecule has 100 valence electrons. The molecule has 4 nitrogen and oxygen atoms in total. The number of esters is 1. The van der Waals surface area contributed by atoms with Gasteiger partial charge in [0.1, 0.15) is 11.5 Å². The molecule has 1 aromatic heterocycles. The van der Waals surface area contributed by atoms with Gasteiger partial charge in [-0.15, -0.1) is 0 Å². The van der Waals surface area contributed by atoms with Gasteiger partial charge in [-0.2, -0.15) is 0 Å². The Labute approximate surface area is 115 Å². The highest BCUT2D eigenvalue weighted by Crippen LogP contribution is 2.24. The van der Waals surface area contributed by atoms with E-state index < -0.39 is 5.97 Å². The van der Waals surface area contributed by atoms with Crippen LogP contribution in [0.4, 0.5) is 0 Å². The van der Waals surface area contributed by atoms with E-state index in [2.05, 4.69) is 4.74 Å². The van der Waals surface area contributed by atoms with Gasteiger partial charge in [-0.3, -0.25) is 0 Å². The van der Waals surface area contributed by atoms with E-state index in [1.54, 1.807) is 36.4 Å². The SMILES string of the molecule is COC(=O)c1ccc(C(C)Oc2ccc(Cl)cc2)o1. The Morgan fingerprint density at radius 3 is 2.53 bits per heavy atom. The smallest absolute Gasteiger partial charge is 0.373 e. The molecule has 0 saturated carbocycles. The molecule has 1 atom stereocenters. The zero-order valence-electron chi connectivity index (χ0n) is 10.6. The fourth-order valence-corrected chi connectivity index (χ4v) is 1.68. The van der Waals surface area contributed by atoms with Crippen molar-refractivity contribution >= 4 is 17.6 Å². The van der Waals surface area contributed by atoms with Crippen LogP contribution in [0.5, 0.6) is 5.75 Å². The van der Waals surface area contributed by atoms with Crippen LogP contribution < -0.4 is 4.74 Å². The maximum atomic E-state index is 11.3. The second-order valence-electron chi connectivity index (χ2n) is 3.91. The molecule has 5 heteroatoms. The van der Waals surface area contributed by atoms with Crippen molar-refractivity contribution in [3.63, 3.8) is 0 Å². The first-order valence-electron chi connectivity index (χ1n) is 5.70. The molecule has 0 saturated heterocycles. The Balaban J connectivity index is 2.07. The van der Waals surface area contributed by atoms with Gasteiger partial charge in [0.15, 0.2) is 6.10 Å². The Morgan fingerprint density at radius 2 is 1.89 bits per heavy atom. The van der Waals surface area contributed by atoms with Crippen molar-refractivity contribution < 1.29 is 18.7 Å². The molecule has 1 aromatic carbocycles. The molecule has 0 spiro atoms. The topological polar surface area (TPSA) is 48.7 Å². The van der Waals surface area contributed by atoms with E-state index in [0.29, 0.717) is 16.5 Å². The minimum absolute atomic E-state index is 0.157. The summed E-state index contributed by atoms with van der Waals surface area (Å²) in [6.07, 6.45) is -0.320. The van der Waals surface area contributed by atoms with E-state index >= 15 is 0 Å². The molecule has 19 heavy (non-hydrogen) atoms. The molecule has 2 rings (SSSR count). The molecular formula is C14H13ClO4. The third-order valence-electron chi connectivity index (χ3n) is 2.54. The van der Waals surface area contributed by atoms with Crippen molar-refractivity contribution in [1.29, 1.82) is 0 Å². The van der Waals surface area contributed by atoms with E-state index in [9.17, 15) is 4.79 Å². The predicted molar refractivity (Wildman–Crippen MR) is 70.5 cm³/mol. The largest absolute Gasteiger partial charge is 0.483 e. The number of rotatable bonds is 4. The first-order chi connectivity index (χ1) is 9.10. The van der Waals surface area contributed by atoms with Crippen molar-refractivity contribution in [2.45, 2.75) is 13.0 Å².